The van der Waals surface area contributed by atoms with E-state index in [0.717, 1.165) is 5.56 Å². The molecule has 0 radical (unpaired) electrons. The Hall–Kier alpha value is -3.22. The minimum absolute atomic E-state index is 0.0873. The molecule has 0 aliphatic heterocycles. The van der Waals surface area contributed by atoms with Crippen LogP contribution in [0.1, 0.15) is 16.7 Å². The number of benzene rings is 3. The zero-order valence-electron chi connectivity index (χ0n) is 16.8. The van der Waals surface area contributed by atoms with Crippen LogP contribution in [0.5, 0.6) is 11.5 Å². The molecule has 3 aromatic rings. The average molecular weight is 475 g/mol. The number of ether oxygens (including phenoxy) is 2. The van der Waals surface area contributed by atoms with Crippen LogP contribution in [0.25, 0.3) is 0 Å². The van der Waals surface area contributed by atoms with Crippen LogP contribution in [0.3, 0.4) is 0 Å². The third-order valence-corrected chi connectivity index (χ3v) is 5.49. The van der Waals surface area contributed by atoms with Crippen molar-refractivity contribution in [2.75, 3.05) is 0 Å². The summed E-state index contributed by atoms with van der Waals surface area (Å²) in [5.74, 6) is -3.90. The van der Waals surface area contributed by atoms with Crippen molar-refractivity contribution < 1.29 is 29.3 Å². The maximum absolute atomic E-state index is 11.4. The second-order valence-electron chi connectivity index (χ2n) is 6.94. The van der Waals surface area contributed by atoms with Crippen LogP contribution >= 0.6 is 23.2 Å². The van der Waals surface area contributed by atoms with Crippen molar-refractivity contribution in [3.63, 3.8) is 0 Å². The van der Waals surface area contributed by atoms with Gasteiger partial charge in [0.25, 0.3) is 0 Å². The molecule has 0 atom stereocenters. The normalized spacial score (nSPS) is 10.7. The van der Waals surface area contributed by atoms with Gasteiger partial charge in [-0.1, -0.05) is 71.7 Å². The van der Waals surface area contributed by atoms with Crippen LogP contribution < -0.4 is 9.47 Å². The molecular formula is C24H20Cl2O6. The molecule has 0 amide bonds. The Labute approximate surface area is 194 Å². The summed E-state index contributed by atoms with van der Waals surface area (Å²) in [7, 11) is 0. The summed E-state index contributed by atoms with van der Waals surface area (Å²) < 4.78 is 11.9. The Morgan fingerprint density at radius 1 is 0.719 bits per heavy atom. The number of hydrogen-bond donors (Lipinski definition) is 2. The van der Waals surface area contributed by atoms with E-state index in [1.807, 2.05) is 24.3 Å². The Morgan fingerprint density at radius 2 is 1.22 bits per heavy atom. The lowest BCUT2D eigenvalue weighted by atomic mass is 9.98. The molecule has 0 spiro atoms. The molecule has 0 saturated carbocycles. The first-order valence-corrected chi connectivity index (χ1v) is 10.4. The number of aliphatic carboxylic acids is 2. The van der Waals surface area contributed by atoms with E-state index in [1.54, 1.807) is 42.5 Å². The van der Waals surface area contributed by atoms with E-state index in [1.165, 1.54) is 0 Å². The van der Waals surface area contributed by atoms with Gasteiger partial charge in [0.2, 0.25) is 0 Å². The number of rotatable bonds is 10. The molecule has 0 aromatic heterocycles. The molecule has 3 aromatic carbocycles. The number of hydrogen-bond acceptors (Lipinski definition) is 4. The standard InChI is InChI=1S/C24H20Cl2O6/c25-19-9-3-1-6-16(19)13-31-21-11-5-8-15(12-18(23(27)28)24(29)30)22(21)32-14-17-7-2-4-10-20(17)26/h1-11,18H,12-14H2,(H,27,28)(H,29,30). The molecule has 0 bridgehead atoms. The van der Waals surface area contributed by atoms with Gasteiger partial charge < -0.3 is 19.7 Å². The first kappa shape index (κ1) is 23.4. The summed E-state index contributed by atoms with van der Waals surface area (Å²) in [6, 6.07) is 19.3. The highest BCUT2D eigenvalue weighted by atomic mass is 35.5. The van der Waals surface area contributed by atoms with E-state index < -0.39 is 17.9 Å². The molecule has 2 N–H and O–H groups in total. The van der Waals surface area contributed by atoms with Gasteiger partial charge in [0, 0.05) is 27.6 Å². The van der Waals surface area contributed by atoms with Gasteiger partial charge in [-0.3, -0.25) is 9.59 Å². The maximum Gasteiger partial charge on any atom is 0.318 e. The SMILES string of the molecule is O=C(O)C(Cc1cccc(OCc2ccccc2Cl)c1OCc1ccccc1Cl)C(=O)O. The Balaban J connectivity index is 1.92. The summed E-state index contributed by atoms with van der Waals surface area (Å²) in [5.41, 5.74) is 1.86. The monoisotopic (exact) mass is 474 g/mol. The summed E-state index contributed by atoms with van der Waals surface area (Å²) in [5, 5.41) is 19.7. The van der Waals surface area contributed by atoms with Gasteiger partial charge in [-0.15, -0.1) is 0 Å². The fourth-order valence-electron chi connectivity index (χ4n) is 3.04. The third kappa shape index (κ3) is 5.93. The Bertz CT molecular complexity index is 1100. The van der Waals surface area contributed by atoms with Crippen LogP contribution in [0.4, 0.5) is 0 Å². The lowest BCUT2D eigenvalue weighted by Gasteiger charge is -2.18. The highest BCUT2D eigenvalue weighted by Gasteiger charge is 2.28. The van der Waals surface area contributed by atoms with Crippen LogP contribution in [-0.4, -0.2) is 22.2 Å². The van der Waals surface area contributed by atoms with Crippen molar-refractivity contribution in [2.24, 2.45) is 5.92 Å². The quantitative estimate of drug-likeness (QED) is 0.378. The van der Waals surface area contributed by atoms with E-state index in [0.29, 0.717) is 26.9 Å². The number of carbonyl (C=O) groups is 2. The zero-order valence-corrected chi connectivity index (χ0v) is 18.3. The number of para-hydroxylation sites is 1. The van der Waals surface area contributed by atoms with Gasteiger partial charge in [0.15, 0.2) is 17.4 Å². The zero-order chi connectivity index (χ0) is 23.1. The summed E-state index contributed by atoms with van der Waals surface area (Å²) in [6.07, 6.45) is -0.272. The minimum Gasteiger partial charge on any atom is -0.485 e. The van der Waals surface area contributed by atoms with E-state index in [2.05, 4.69) is 0 Å². The second kappa shape index (κ2) is 10.9. The van der Waals surface area contributed by atoms with Gasteiger partial charge in [-0.25, -0.2) is 0 Å². The fraction of sp³-hybridized carbons (Fsp3) is 0.167. The van der Waals surface area contributed by atoms with Crippen molar-refractivity contribution in [2.45, 2.75) is 19.6 Å². The van der Waals surface area contributed by atoms with Crippen molar-refractivity contribution in [3.05, 3.63) is 93.5 Å². The molecule has 0 aliphatic carbocycles. The third-order valence-electron chi connectivity index (χ3n) is 4.75. The smallest absolute Gasteiger partial charge is 0.318 e. The minimum atomic E-state index is -1.63. The van der Waals surface area contributed by atoms with E-state index in [9.17, 15) is 19.8 Å². The molecule has 32 heavy (non-hydrogen) atoms. The lowest BCUT2D eigenvalue weighted by molar-refractivity contribution is -0.154. The molecule has 0 saturated heterocycles. The lowest BCUT2D eigenvalue weighted by Crippen LogP contribution is -2.25. The molecule has 0 unspecified atom stereocenters. The average Bonchev–Trinajstić information content (AvgIpc) is 2.76. The molecule has 0 heterocycles. The van der Waals surface area contributed by atoms with Gasteiger partial charge in [0.1, 0.15) is 13.2 Å². The van der Waals surface area contributed by atoms with Crippen molar-refractivity contribution in [3.8, 4) is 11.5 Å². The number of carboxylic acid groups (broad SMARTS) is 2. The molecule has 8 heteroatoms. The van der Waals surface area contributed by atoms with E-state index in [4.69, 9.17) is 32.7 Å². The molecule has 0 fully saturated rings. The second-order valence-corrected chi connectivity index (χ2v) is 7.75. The van der Waals surface area contributed by atoms with Crippen molar-refractivity contribution >= 4 is 35.1 Å². The maximum atomic E-state index is 11.4. The van der Waals surface area contributed by atoms with E-state index >= 15 is 0 Å². The summed E-state index contributed by atoms with van der Waals surface area (Å²) >= 11 is 12.4. The van der Waals surface area contributed by atoms with Gasteiger partial charge in [0.05, 0.1) is 0 Å². The highest BCUT2D eigenvalue weighted by molar-refractivity contribution is 6.31. The van der Waals surface area contributed by atoms with Gasteiger partial charge >= 0.3 is 11.9 Å². The predicted octanol–water partition coefficient (Wildman–Crippen LogP) is 5.48. The Morgan fingerprint density at radius 3 is 1.75 bits per heavy atom. The first-order chi connectivity index (χ1) is 15.4. The summed E-state index contributed by atoms with van der Waals surface area (Å²) in [4.78, 5) is 22.9. The molecular weight excluding hydrogens is 455 g/mol. The number of halogens is 2. The van der Waals surface area contributed by atoms with Crippen molar-refractivity contribution in [1.29, 1.82) is 0 Å². The summed E-state index contributed by atoms with van der Waals surface area (Å²) in [6.45, 7) is 0.233. The fourth-order valence-corrected chi connectivity index (χ4v) is 3.42. The van der Waals surface area contributed by atoms with Crippen LogP contribution in [0.15, 0.2) is 66.7 Å². The Kier molecular flexibility index (Phi) is 7.98. The highest BCUT2D eigenvalue weighted by Crippen LogP contribution is 2.35. The van der Waals surface area contributed by atoms with Crippen molar-refractivity contribution in [1.82, 2.24) is 0 Å². The van der Waals surface area contributed by atoms with Crippen LogP contribution in [0, 0.1) is 5.92 Å². The molecule has 0 aliphatic rings. The largest absolute Gasteiger partial charge is 0.485 e. The van der Waals surface area contributed by atoms with Crippen LogP contribution in [0.2, 0.25) is 10.0 Å². The first-order valence-electron chi connectivity index (χ1n) is 9.66. The van der Waals surface area contributed by atoms with Gasteiger partial charge in [-0.2, -0.15) is 0 Å². The topological polar surface area (TPSA) is 93.1 Å². The van der Waals surface area contributed by atoms with Gasteiger partial charge in [-0.05, 0) is 23.8 Å². The van der Waals surface area contributed by atoms with Crippen LogP contribution in [-0.2, 0) is 29.2 Å². The molecule has 3 rings (SSSR count). The molecule has 6 nitrogen and oxygen atoms in total. The molecule has 166 valence electrons. The number of carboxylic acids is 2. The van der Waals surface area contributed by atoms with E-state index in [-0.39, 0.29) is 25.4 Å². The predicted molar refractivity (Wildman–Crippen MR) is 120 cm³/mol.